The molecular formula is C27H23N3O3. The summed E-state index contributed by atoms with van der Waals surface area (Å²) in [5, 5.41) is 14.9. The van der Waals surface area contributed by atoms with Crippen LogP contribution in [0.25, 0.3) is 6.08 Å². The summed E-state index contributed by atoms with van der Waals surface area (Å²) in [6.45, 7) is 3.03. The van der Waals surface area contributed by atoms with Crippen molar-refractivity contribution in [2.45, 2.75) is 19.8 Å². The number of aryl methyl sites for hydroxylation is 2. The second-order valence-electron chi connectivity index (χ2n) is 8.25. The van der Waals surface area contributed by atoms with Crippen molar-refractivity contribution < 1.29 is 14.7 Å². The molecule has 0 bridgehead atoms. The van der Waals surface area contributed by atoms with Crippen molar-refractivity contribution >= 4 is 40.7 Å². The van der Waals surface area contributed by atoms with Crippen molar-refractivity contribution in [3.05, 3.63) is 95.1 Å². The zero-order valence-corrected chi connectivity index (χ0v) is 18.2. The number of para-hydroxylation sites is 1. The maximum absolute atomic E-state index is 13.1. The van der Waals surface area contributed by atoms with Crippen LogP contribution in [-0.4, -0.2) is 29.2 Å². The summed E-state index contributed by atoms with van der Waals surface area (Å²) in [6, 6.07) is 23.3. The summed E-state index contributed by atoms with van der Waals surface area (Å²) >= 11 is 0. The number of aliphatic carboxylic acids is 1. The smallest absolute Gasteiger partial charge is 0.357 e. The number of nitrogens with zero attached hydrogens (tertiary/aromatic N) is 3. The highest BCUT2D eigenvalue weighted by Crippen LogP contribution is 2.35. The van der Waals surface area contributed by atoms with E-state index in [1.165, 1.54) is 11.1 Å². The Morgan fingerprint density at radius 1 is 1.00 bits per heavy atom. The van der Waals surface area contributed by atoms with Crippen LogP contribution in [-0.2, 0) is 16.0 Å². The van der Waals surface area contributed by atoms with E-state index in [1.807, 2.05) is 18.2 Å². The van der Waals surface area contributed by atoms with E-state index in [0.717, 1.165) is 41.3 Å². The van der Waals surface area contributed by atoms with Crippen LogP contribution in [0.4, 0.5) is 17.1 Å². The largest absolute Gasteiger partial charge is 0.476 e. The summed E-state index contributed by atoms with van der Waals surface area (Å²) in [7, 11) is 0. The molecule has 0 spiro atoms. The topological polar surface area (TPSA) is 73.2 Å². The lowest BCUT2D eigenvalue weighted by Crippen LogP contribution is -2.24. The molecular weight excluding hydrogens is 414 g/mol. The Morgan fingerprint density at radius 2 is 1.79 bits per heavy atom. The third-order valence-corrected chi connectivity index (χ3v) is 5.93. The Kier molecular flexibility index (Phi) is 5.26. The van der Waals surface area contributed by atoms with Gasteiger partial charge in [0.1, 0.15) is 0 Å². The number of hydrogen-bond donors (Lipinski definition) is 1. The maximum Gasteiger partial charge on any atom is 0.357 e. The first-order valence-corrected chi connectivity index (χ1v) is 10.9. The molecule has 2 aliphatic rings. The van der Waals surface area contributed by atoms with Crippen LogP contribution < -0.4 is 9.91 Å². The molecule has 0 unspecified atom stereocenters. The molecule has 6 nitrogen and oxygen atoms in total. The molecule has 2 heterocycles. The summed E-state index contributed by atoms with van der Waals surface area (Å²) in [6.07, 6.45) is 3.58. The van der Waals surface area contributed by atoms with Gasteiger partial charge in [0.05, 0.1) is 11.3 Å². The van der Waals surface area contributed by atoms with Gasteiger partial charge in [-0.3, -0.25) is 4.79 Å². The van der Waals surface area contributed by atoms with E-state index < -0.39 is 11.9 Å². The summed E-state index contributed by atoms with van der Waals surface area (Å²) in [5.41, 5.74) is 5.84. The van der Waals surface area contributed by atoms with E-state index in [9.17, 15) is 14.7 Å². The minimum atomic E-state index is -1.23. The van der Waals surface area contributed by atoms with E-state index in [1.54, 1.807) is 30.3 Å². The fourth-order valence-corrected chi connectivity index (χ4v) is 4.38. The van der Waals surface area contributed by atoms with Gasteiger partial charge in [0.15, 0.2) is 5.71 Å². The fraction of sp³-hybridized carbons (Fsp3) is 0.148. The highest BCUT2D eigenvalue weighted by molar-refractivity contribution is 6.53. The van der Waals surface area contributed by atoms with Crippen molar-refractivity contribution in [3.63, 3.8) is 0 Å². The minimum Gasteiger partial charge on any atom is -0.476 e. The van der Waals surface area contributed by atoms with Gasteiger partial charge in [-0.25, -0.2) is 4.79 Å². The number of anilines is 3. The average molecular weight is 437 g/mol. The zero-order chi connectivity index (χ0) is 22.9. The van der Waals surface area contributed by atoms with Gasteiger partial charge in [-0.1, -0.05) is 36.4 Å². The lowest BCUT2D eigenvalue weighted by Gasteiger charge is -2.32. The van der Waals surface area contributed by atoms with Crippen molar-refractivity contribution in [1.29, 1.82) is 0 Å². The number of hydrazone groups is 1. The van der Waals surface area contributed by atoms with Crippen LogP contribution in [0.3, 0.4) is 0 Å². The second-order valence-corrected chi connectivity index (χ2v) is 8.25. The molecule has 1 N–H and O–H groups in total. The van der Waals surface area contributed by atoms with Crippen molar-refractivity contribution in [2.75, 3.05) is 16.5 Å². The molecule has 1 amide bonds. The Hall–Kier alpha value is -4.19. The van der Waals surface area contributed by atoms with Crippen LogP contribution in [0.1, 0.15) is 23.1 Å². The molecule has 0 aromatic heterocycles. The molecule has 0 atom stereocenters. The molecule has 33 heavy (non-hydrogen) atoms. The van der Waals surface area contributed by atoms with E-state index in [-0.39, 0.29) is 11.3 Å². The predicted molar refractivity (Wildman–Crippen MR) is 130 cm³/mol. The molecule has 0 fully saturated rings. The number of rotatable bonds is 4. The standard InChI is InChI=1S/C27H23N3O3/c1-18-7-5-11-22(15-18)29-14-6-8-20-16-19(12-13-24(20)29)17-23-25(27(32)33)28-30(26(23)31)21-9-3-2-4-10-21/h2-5,7,9-13,15-17H,6,8,14H2,1H3,(H,32,33)/b23-17-. The maximum atomic E-state index is 13.1. The lowest BCUT2D eigenvalue weighted by molar-refractivity contribution is -0.129. The number of carbonyl (C=O) groups excluding carboxylic acids is 1. The number of carboxylic acids is 1. The Bertz CT molecular complexity index is 1310. The van der Waals surface area contributed by atoms with Gasteiger partial charge in [0.25, 0.3) is 5.91 Å². The van der Waals surface area contributed by atoms with Gasteiger partial charge in [0.2, 0.25) is 0 Å². The van der Waals surface area contributed by atoms with Gasteiger partial charge >= 0.3 is 5.97 Å². The van der Waals surface area contributed by atoms with Crippen LogP contribution >= 0.6 is 0 Å². The first-order valence-electron chi connectivity index (χ1n) is 10.9. The molecule has 6 heteroatoms. The van der Waals surface area contributed by atoms with Gasteiger partial charge in [-0.05, 0) is 78.9 Å². The highest BCUT2D eigenvalue weighted by Gasteiger charge is 2.35. The number of fused-ring (bicyclic) bond motifs is 1. The normalized spacial score (nSPS) is 16.7. The van der Waals surface area contributed by atoms with Gasteiger partial charge < -0.3 is 10.0 Å². The van der Waals surface area contributed by atoms with Crippen LogP contribution in [0.15, 0.2) is 83.5 Å². The third-order valence-electron chi connectivity index (χ3n) is 5.93. The summed E-state index contributed by atoms with van der Waals surface area (Å²) < 4.78 is 0. The lowest BCUT2D eigenvalue weighted by atomic mass is 9.97. The number of carboxylic acid groups (broad SMARTS) is 1. The van der Waals surface area contributed by atoms with Gasteiger partial charge in [0, 0.05) is 17.9 Å². The Balaban J connectivity index is 1.50. The van der Waals surface area contributed by atoms with Gasteiger partial charge in [-0.15, -0.1) is 0 Å². The van der Waals surface area contributed by atoms with Crippen molar-refractivity contribution in [1.82, 2.24) is 0 Å². The zero-order valence-electron chi connectivity index (χ0n) is 18.2. The third kappa shape index (κ3) is 3.91. The van der Waals surface area contributed by atoms with E-state index >= 15 is 0 Å². The molecule has 164 valence electrons. The SMILES string of the molecule is Cc1cccc(N2CCCc3cc(/C=C4\C(=O)N(c5ccccc5)N=C4C(=O)O)ccc32)c1. The Labute approximate surface area is 192 Å². The van der Waals surface area contributed by atoms with Crippen molar-refractivity contribution in [2.24, 2.45) is 5.10 Å². The monoisotopic (exact) mass is 437 g/mol. The molecule has 3 aromatic carbocycles. The van der Waals surface area contributed by atoms with E-state index in [2.05, 4.69) is 47.3 Å². The first kappa shape index (κ1) is 20.7. The van der Waals surface area contributed by atoms with Crippen molar-refractivity contribution in [3.8, 4) is 0 Å². The molecule has 5 rings (SSSR count). The van der Waals surface area contributed by atoms with Gasteiger partial charge in [-0.2, -0.15) is 10.1 Å². The minimum absolute atomic E-state index is 0.0812. The molecule has 2 aliphatic heterocycles. The molecule has 0 saturated carbocycles. The Morgan fingerprint density at radius 3 is 2.55 bits per heavy atom. The molecule has 0 saturated heterocycles. The quantitative estimate of drug-likeness (QED) is 0.586. The van der Waals surface area contributed by atoms with Crippen LogP contribution in [0.2, 0.25) is 0 Å². The predicted octanol–water partition coefficient (Wildman–Crippen LogP) is 4.95. The summed E-state index contributed by atoms with van der Waals surface area (Å²) in [4.78, 5) is 27.2. The molecule has 0 radical (unpaired) electrons. The number of benzene rings is 3. The molecule has 3 aromatic rings. The number of carbonyl (C=O) groups is 2. The fourth-order valence-electron chi connectivity index (χ4n) is 4.38. The van der Waals surface area contributed by atoms with Crippen LogP contribution in [0.5, 0.6) is 0 Å². The van der Waals surface area contributed by atoms with E-state index in [4.69, 9.17) is 0 Å². The average Bonchev–Trinajstić information content (AvgIpc) is 3.15. The highest BCUT2D eigenvalue weighted by atomic mass is 16.4. The second kappa shape index (κ2) is 8.39. The summed E-state index contributed by atoms with van der Waals surface area (Å²) in [5.74, 6) is -1.67. The van der Waals surface area contributed by atoms with E-state index in [0.29, 0.717) is 5.69 Å². The number of hydrogen-bond acceptors (Lipinski definition) is 4. The van der Waals surface area contributed by atoms with Crippen LogP contribution in [0, 0.1) is 6.92 Å². The first-order chi connectivity index (χ1) is 16.0. The number of amides is 1. The molecule has 0 aliphatic carbocycles.